The van der Waals surface area contributed by atoms with Crippen molar-refractivity contribution in [2.45, 2.75) is 115 Å². The van der Waals surface area contributed by atoms with E-state index in [1.165, 1.54) is 28.1 Å². The number of methoxy groups -OCH3 is 2. The molecule has 4 heterocycles. The molecule has 9 N–H and O–H groups in total. The van der Waals surface area contributed by atoms with E-state index in [4.69, 9.17) is 9.47 Å². The summed E-state index contributed by atoms with van der Waals surface area (Å²) in [6.45, 7) is 3.60. The Balaban J connectivity index is 0.905. The maximum Gasteiger partial charge on any atom is 0.317 e. The van der Waals surface area contributed by atoms with Gasteiger partial charge in [-0.25, -0.2) is 4.39 Å². The van der Waals surface area contributed by atoms with Crippen molar-refractivity contribution in [3.8, 4) is 11.5 Å². The van der Waals surface area contributed by atoms with E-state index in [-0.39, 0.29) is 154 Å². The third-order valence-electron chi connectivity index (χ3n) is 16.2. The second kappa shape index (κ2) is 33.0. The molecule has 0 aliphatic carbocycles. The van der Waals surface area contributed by atoms with E-state index in [2.05, 4.69) is 26.6 Å². The monoisotopic (exact) mass is 1240 g/mol. The first kappa shape index (κ1) is 69.4. The Hall–Kier alpha value is -7.70. The van der Waals surface area contributed by atoms with Crippen LogP contribution in [0.5, 0.6) is 11.5 Å². The number of carboxylic acid groups (broad SMARTS) is 3. The fourth-order valence-electron chi connectivity index (χ4n) is 11.4. The van der Waals surface area contributed by atoms with Crippen LogP contribution in [0.4, 0.5) is 4.39 Å². The summed E-state index contributed by atoms with van der Waals surface area (Å²) < 4.78 is 25.9. The van der Waals surface area contributed by atoms with Gasteiger partial charge in [-0.1, -0.05) is 24.3 Å². The Morgan fingerprint density at radius 1 is 0.761 bits per heavy atom. The molecule has 0 radical (unpaired) electrons. The van der Waals surface area contributed by atoms with Crippen molar-refractivity contribution in [1.29, 1.82) is 0 Å². The van der Waals surface area contributed by atoms with Crippen molar-refractivity contribution < 1.29 is 87.0 Å². The number of hydrogen-bond donors (Lipinski definition) is 9. The number of hydrogen-bond acceptors (Lipinski definition) is 19. The van der Waals surface area contributed by atoms with Gasteiger partial charge in [0.05, 0.1) is 59.0 Å². The Kier molecular flexibility index (Phi) is 26.1. The van der Waals surface area contributed by atoms with Crippen LogP contribution < -0.4 is 36.1 Å². The zero-order valence-electron chi connectivity index (χ0n) is 50.4. The van der Waals surface area contributed by atoms with E-state index in [0.717, 1.165) is 21.6 Å². The van der Waals surface area contributed by atoms with Gasteiger partial charge in [0, 0.05) is 110 Å². The fraction of sp³-hybridized carbons (Fsp3) is 0.610. The number of halogens is 1. The lowest BCUT2D eigenvalue weighted by molar-refractivity contribution is -0.142. The highest BCUT2D eigenvalue weighted by molar-refractivity contribution is 6.38. The highest BCUT2D eigenvalue weighted by atomic mass is 19.1. The number of benzene rings is 2. The number of aliphatic hydroxyl groups is 1. The van der Waals surface area contributed by atoms with E-state index in [0.29, 0.717) is 42.7 Å². The number of carbonyl (C=O) groups excluding carboxylic acids is 8. The first-order valence-corrected chi connectivity index (χ1v) is 29.5. The number of ketones is 2. The van der Waals surface area contributed by atoms with Gasteiger partial charge in [0.2, 0.25) is 35.3 Å². The molecule has 4 aliphatic rings. The number of Topliss-reactive ketones (excluding diaryl/α,β-unsaturated/α-hetero) is 2. The fourth-order valence-corrected chi connectivity index (χ4v) is 11.4. The summed E-state index contributed by atoms with van der Waals surface area (Å²) >= 11 is 0. The van der Waals surface area contributed by atoms with Gasteiger partial charge in [0.1, 0.15) is 17.9 Å². The summed E-state index contributed by atoms with van der Waals surface area (Å²) in [6, 6.07) is 7.32. The molecular weight excluding hydrogens is 1150 g/mol. The van der Waals surface area contributed by atoms with Gasteiger partial charge in [-0.05, 0) is 80.3 Å². The second-order valence-electron chi connectivity index (χ2n) is 23.1. The number of ether oxygens (including phenoxy) is 2. The third-order valence-corrected chi connectivity index (χ3v) is 16.2. The second-order valence-corrected chi connectivity index (χ2v) is 23.1. The van der Waals surface area contributed by atoms with E-state index in [9.17, 15) is 73.2 Å². The summed E-state index contributed by atoms with van der Waals surface area (Å²) in [5, 5.41) is 53.0. The molecule has 3 saturated heterocycles. The molecule has 4 unspecified atom stereocenters. The number of carbonyl (C=O) groups is 11. The standard InChI is InChI=1S/C59H84FN11O17/c1-37(72)43(10-5-6-15-61-49(74)32-66-16-18-67(33-52(77)78)20-22-69(35-54(81)82)23-21-68(19-17-66)34-53(79)80)64-48(73)14-12-39-8-7-9-40-30-70(31-42(39)40)50(75)26-41-25-44(65-56(41)84)57(85)63-29-51(76)71-36-59(2,60)27-45(71)55(83)58(86)62-28-38-11-13-46(87-3)47(24-38)88-4/h7-9,11,13,24,41,43-45,51,76H,5-6,10,12,14-23,25-36H2,1-4H3,(H,61,74)(H,62,86)(H,63,85)(H,64,73)(H,65,84)(H,77,78)(H,79,80)(H,81,82)/t41-,43?,44-,45?,51?,59?/m0/s1. The van der Waals surface area contributed by atoms with E-state index in [1.807, 2.05) is 23.1 Å². The highest BCUT2D eigenvalue weighted by Crippen LogP contribution is 2.33. The Morgan fingerprint density at radius 3 is 1.94 bits per heavy atom. The summed E-state index contributed by atoms with van der Waals surface area (Å²) in [4.78, 5) is 150. The number of aliphatic carboxylic acids is 3. The van der Waals surface area contributed by atoms with Crippen molar-refractivity contribution >= 4 is 64.9 Å². The molecule has 0 spiro atoms. The van der Waals surface area contributed by atoms with Gasteiger partial charge in [0.15, 0.2) is 17.3 Å². The number of nitrogens with zero attached hydrogens (tertiary/aromatic N) is 6. The highest BCUT2D eigenvalue weighted by Gasteiger charge is 2.49. The number of aryl methyl sites for hydroxylation is 1. The lowest BCUT2D eigenvalue weighted by Crippen LogP contribution is -2.53. The van der Waals surface area contributed by atoms with Crippen LogP contribution in [-0.4, -0.2) is 257 Å². The zero-order valence-corrected chi connectivity index (χ0v) is 50.4. The molecule has 0 saturated carbocycles. The van der Waals surface area contributed by atoms with Crippen LogP contribution in [0.2, 0.25) is 0 Å². The lowest BCUT2D eigenvalue weighted by atomic mass is 9.99. The number of aliphatic hydroxyl groups excluding tert-OH is 1. The number of rotatable bonds is 30. The number of fused-ring (bicyclic) bond motifs is 1. The molecule has 29 heteroatoms. The van der Waals surface area contributed by atoms with Crippen LogP contribution in [0.25, 0.3) is 0 Å². The minimum atomic E-state index is -1.95. The molecule has 6 atom stereocenters. The number of likely N-dealkylation sites (tertiary alicyclic amines) is 1. The van der Waals surface area contributed by atoms with E-state index in [1.54, 1.807) is 37.8 Å². The van der Waals surface area contributed by atoms with Gasteiger partial charge in [-0.15, -0.1) is 0 Å². The molecule has 88 heavy (non-hydrogen) atoms. The number of nitrogens with one attached hydrogen (secondary N) is 5. The van der Waals surface area contributed by atoms with Crippen LogP contribution in [0, 0.1) is 5.92 Å². The van der Waals surface area contributed by atoms with Crippen molar-refractivity contribution in [2.24, 2.45) is 5.92 Å². The van der Waals surface area contributed by atoms with Crippen molar-refractivity contribution in [3.05, 3.63) is 58.7 Å². The smallest absolute Gasteiger partial charge is 0.317 e. The number of unbranched alkanes of at least 4 members (excludes halogenated alkanes) is 1. The topological polar surface area (TPSA) is 367 Å². The SMILES string of the molecule is COc1ccc(CNC(=O)C(=O)C2CC(C)(F)CN2C(O)CNC(=O)[C@@H]2C[C@@H](CC(=O)N3Cc4cccc(CCC(=O)NC(CCCCNC(=O)CN5CCN(CC(=O)O)CCN(CC(=O)O)CCN(CC(=O)O)CC5)C(C)=O)c4C3)C(=O)N2)cc1OC. The van der Waals surface area contributed by atoms with Gasteiger partial charge in [-0.3, -0.25) is 77.2 Å². The van der Waals surface area contributed by atoms with Crippen LogP contribution in [0.15, 0.2) is 36.4 Å². The van der Waals surface area contributed by atoms with Crippen LogP contribution in [0.1, 0.15) is 81.0 Å². The molecule has 484 valence electrons. The minimum Gasteiger partial charge on any atom is -0.493 e. The minimum absolute atomic E-state index is 0.0298. The molecule has 0 aromatic heterocycles. The molecular formula is C59H84FN11O17. The van der Waals surface area contributed by atoms with Crippen LogP contribution in [-0.2, 0) is 78.8 Å². The van der Waals surface area contributed by atoms with E-state index < -0.39 is 90.4 Å². The molecule has 6 amide bonds. The molecule has 2 aromatic rings. The maximum atomic E-state index is 15.4. The van der Waals surface area contributed by atoms with Crippen molar-refractivity contribution in [1.82, 2.24) is 56.0 Å². The summed E-state index contributed by atoms with van der Waals surface area (Å²) in [7, 11) is 2.92. The van der Waals surface area contributed by atoms with Gasteiger partial charge >= 0.3 is 17.9 Å². The maximum absolute atomic E-state index is 15.4. The summed E-state index contributed by atoms with van der Waals surface area (Å²) in [6.07, 6.45) is -0.560. The Labute approximate surface area is 509 Å². The molecule has 28 nitrogen and oxygen atoms in total. The van der Waals surface area contributed by atoms with Gasteiger partial charge < -0.3 is 61.4 Å². The van der Waals surface area contributed by atoms with Gasteiger partial charge in [-0.2, -0.15) is 0 Å². The van der Waals surface area contributed by atoms with E-state index >= 15 is 4.39 Å². The average molecular weight is 1240 g/mol. The average Bonchev–Trinajstić information content (AvgIpc) is 1.88. The normalized spacial score (nSPS) is 21.4. The molecule has 4 aliphatic heterocycles. The zero-order chi connectivity index (χ0) is 64.2. The molecule has 6 rings (SSSR count). The van der Waals surface area contributed by atoms with Crippen LogP contribution >= 0.6 is 0 Å². The first-order chi connectivity index (χ1) is 41.8. The Morgan fingerprint density at radius 2 is 1.36 bits per heavy atom. The molecule has 0 bridgehead atoms. The molecule has 3 fully saturated rings. The Bertz CT molecular complexity index is 2830. The summed E-state index contributed by atoms with van der Waals surface area (Å²) in [5.41, 5.74) is 1.21. The number of carboxylic acids is 3. The van der Waals surface area contributed by atoms with Crippen molar-refractivity contribution in [3.63, 3.8) is 0 Å². The summed E-state index contributed by atoms with van der Waals surface area (Å²) in [5.74, 6) is -7.55. The number of amides is 6. The number of alkyl halides is 1. The quantitative estimate of drug-likeness (QED) is 0.0312. The van der Waals surface area contributed by atoms with Crippen LogP contribution in [0.3, 0.4) is 0 Å². The largest absolute Gasteiger partial charge is 0.493 e. The van der Waals surface area contributed by atoms with Gasteiger partial charge in [0.25, 0.3) is 5.91 Å². The molecule has 2 aromatic carbocycles. The predicted octanol–water partition coefficient (Wildman–Crippen LogP) is -1.67. The third kappa shape index (κ3) is 21.3. The first-order valence-electron chi connectivity index (χ1n) is 29.5. The predicted molar refractivity (Wildman–Crippen MR) is 312 cm³/mol. The lowest BCUT2D eigenvalue weighted by Gasteiger charge is -2.32. The van der Waals surface area contributed by atoms with Crippen molar-refractivity contribution in [2.75, 3.05) is 112 Å².